The van der Waals surface area contributed by atoms with E-state index in [1.807, 2.05) is 13.8 Å². The van der Waals surface area contributed by atoms with Gasteiger partial charge in [0.2, 0.25) is 15.9 Å². The molecule has 0 atom stereocenters. The van der Waals surface area contributed by atoms with Gasteiger partial charge in [-0.2, -0.15) is 4.31 Å². The number of unbranched alkanes of at least 4 members (excludes halogenated alkanes) is 8. The molecule has 1 fully saturated rings. The molecule has 0 bridgehead atoms. The average Bonchev–Trinajstić information content (AvgIpc) is 3.24. The molecule has 5 N–H and O–H groups in total. The van der Waals surface area contributed by atoms with E-state index < -0.39 is 21.6 Å². The second-order valence-electron chi connectivity index (χ2n) is 11.8. The standard InChI is InChI=1S/C31H48N6O5S/c1-23-21-25(36(3)30(33)40)22-24(2)26(23)15-20-43(41,42)37-18-16-31(17-19-37)29(39)34-28(35-31)14-12-10-8-6-4-5-7-9-11-13-27(32)38/h15,20-22H,4-14,16-19H2,1-3H3,(H2,32,38)(H2,33,40)(H,34,35,39)/b20-15+. The molecule has 0 unspecified atom stereocenters. The van der Waals surface area contributed by atoms with Crippen molar-refractivity contribution >= 4 is 45.5 Å². The zero-order valence-corrected chi connectivity index (χ0v) is 26.7. The summed E-state index contributed by atoms with van der Waals surface area (Å²) in [6.45, 7) is 4.16. The number of sulfonamides is 1. The van der Waals surface area contributed by atoms with Gasteiger partial charge >= 0.3 is 6.03 Å². The number of carbonyl (C=O) groups excluding carboxylic acids is 3. The Morgan fingerprint density at radius 1 is 0.977 bits per heavy atom. The molecule has 3 rings (SSSR count). The summed E-state index contributed by atoms with van der Waals surface area (Å²) in [5, 5.41) is 4.16. The van der Waals surface area contributed by atoms with Gasteiger partial charge in [0.1, 0.15) is 11.4 Å². The minimum absolute atomic E-state index is 0.126. The molecule has 43 heavy (non-hydrogen) atoms. The Kier molecular flexibility index (Phi) is 12.3. The second-order valence-corrected chi connectivity index (χ2v) is 13.6. The lowest BCUT2D eigenvalue weighted by Crippen LogP contribution is -2.50. The lowest BCUT2D eigenvalue weighted by molar-refractivity contribution is -0.125. The van der Waals surface area contributed by atoms with Crippen LogP contribution >= 0.6 is 0 Å². The van der Waals surface area contributed by atoms with E-state index >= 15 is 0 Å². The van der Waals surface area contributed by atoms with Crippen LogP contribution in [-0.2, 0) is 19.6 Å². The predicted octanol–water partition coefficient (Wildman–Crippen LogP) is 4.26. The van der Waals surface area contributed by atoms with Crippen molar-refractivity contribution < 1.29 is 22.8 Å². The van der Waals surface area contributed by atoms with Crippen molar-refractivity contribution in [2.75, 3.05) is 25.0 Å². The quantitative estimate of drug-likeness (QED) is 0.236. The summed E-state index contributed by atoms with van der Waals surface area (Å²) < 4.78 is 27.7. The molecule has 11 nitrogen and oxygen atoms in total. The van der Waals surface area contributed by atoms with Crippen LogP contribution in [0.5, 0.6) is 0 Å². The summed E-state index contributed by atoms with van der Waals surface area (Å²) in [6.07, 6.45) is 13.3. The first kappa shape index (κ1) is 34.2. The van der Waals surface area contributed by atoms with Gasteiger partial charge in [-0.1, -0.05) is 44.9 Å². The molecule has 1 aromatic rings. The fourth-order valence-electron chi connectivity index (χ4n) is 5.76. The Hall–Kier alpha value is -3.25. The number of primary amides is 2. The highest BCUT2D eigenvalue weighted by Gasteiger charge is 2.46. The number of aliphatic imine (C=N–C) groups is 1. The van der Waals surface area contributed by atoms with Crippen molar-refractivity contribution in [2.24, 2.45) is 16.5 Å². The number of amidine groups is 1. The van der Waals surface area contributed by atoms with Gasteiger partial charge in [0.25, 0.3) is 5.91 Å². The van der Waals surface area contributed by atoms with E-state index in [0.29, 0.717) is 30.8 Å². The molecule has 0 aromatic heterocycles. The molecule has 2 aliphatic rings. The van der Waals surface area contributed by atoms with Crippen LogP contribution in [0.1, 0.15) is 100 Å². The maximum Gasteiger partial charge on any atom is 0.318 e. The third-order valence-electron chi connectivity index (χ3n) is 8.48. The number of hydrogen-bond donors (Lipinski definition) is 3. The van der Waals surface area contributed by atoms with Gasteiger partial charge in [-0.25, -0.2) is 13.2 Å². The number of piperidine rings is 1. The number of aryl methyl sites for hydroxylation is 2. The van der Waals surface area contributed by atoms with Crippen molar-refractivity contribution in [1.29, 1.82) is 0 Å². The van der Waals surface area contributed by atoms with Crippen LogP contribution in [0.15, 0.2) is 22.5 Å². The topological polar surface area (TPSA) is 168 Å². The third-order valence-corrected chi connectivity index (χ3v) is 10.0. The van der Waals surface area contributed by atoms with Crippen LogP contribution in [0.2, 0.25) is 0 Å². The first-order valence-electron chi connectivity index (χ1n) is 15.4. The number of nitrogens with one attached hydrogen (secondary N) is 1. The number of nitrogens with two attached hydrogens (primary N) is 2. The van der Waals surface area contributed by atoms with E-state index in [1.54, 1.807) is 25.3 Å². The fraction of sp³-hybridized carbons (Fsp3) is 0.613. The van der Waals surface area contributed by atoms with Gasteiger partial charge in [-0.05, 0) is 74.4 Å². The van der Waals surface area contributed by atoms with Crippen LogP contribution < -0.4 is 21.7 Å². The van der Waals surface area contributed by atoms with E-state index in [0.717, 1.165) is 61.6 Å². The molecule has 1 aromatic carbocycles. The van der Waals surface area contributed by atoms with E-state index in [4.69, 9.17) is 16.5 Å². The van der Waals surface area contributed by atoms with E-state index in [1.165, 1.54) is 33.9 Å². The van der Waals surface area contributed by atoms with E-state index in [-0.39, 0.29) is 24.9 Å². The molecular weight excluding hydrogens is 568 g/mol. The smallest absolute Gasteiger partial charge is 0.318 e. The molecule has 238 valence electrons. The molecular formula is C31H48N6O5S. The molecule has 4 amide bonds. The number of amides is 4. The summed E-state index contributed by atoms with van der Waals surface area (Å²) in [5.41, 5.74) is 12.7. The number of urea groups is 1. The average molecular weight is 617 g/mol. The first-order chi connectivity index (χ1) is 20.3. The highest BCUT2D eigenvalue weighted by Crippen LogP contribution is 2.32. The summed E-state index contributed by atoms with van der Waals surface area (Å²) in [7, 11) is -2.11. The minimum Gasteiger partial charge on any atom is -0.370 e. The highest BCUT2D eigenvalue weighted by atomic mass is 32.2. The molecule has 2 heterocycles. The van der Waals surface area contributed by atoms with Crippen molar-refractivity contribution in [3.05, 3.63) is 34.2 Å². The Morgan fingerprint density at radius 3 is 2.05 bits per heavy atom. The molecule has 1 spiro atoms. The molecule has 2 aliphatic heterocycles. The molecule has 0 aliphatic carbocycles. The first-order valence-corrected chi connectivity index (χ1v) is 16.9. The molecule has 0 radical (unpaired) electrons. The number of anilines is 1. The van der Waals surface area contributed by atoms with Crippen molar-refractivity contribution in [3.63, 3.8) is 0 Å². The third kappa shape index (κ3) is 9.62. The van der Waals surface area contributed by atoms with Crippen molar-refractivity contribution in [2.45, 2.75) is 103 Å². The maximum atomic E-state index is 13.2. The van der Waals surface area contributed by atoms with E-state index in [9.17, 15) is 22.8 Å². The summed E-state index contributed by atoms with van der Waals surface area (Å²) in [5.74, 6) is 0.365. The largest absolute Gasteiger partial charge is 0.370 e. The molecule has 12 heteroatoms. The van der Waals surface area contributed by atoms with Crippen LogP contribution in [-0.4, -0.2) is 62.1 Å². The van der Waals surface area contributed by atoms with Gasteiger partial charge in [0.05, 0.1) is 0 Å². The Bertz CT molecular complexity index is 1310. The van der Waals surface area contributed by atoms with Crippen LogP contribution in [0.25, 0.3) is 6.08 Å². The summed E-state index contributed by atoms with van der Waals surface area (Å²) >= 11 is 0. The van der Waals surface area contributed by atoms with Crippen LogP contribution in [0.4, 0.5) is 10.5 Å². The Labute approximate surface area is 256 Å². The lowest BCUT2D eigenvalue weighted by Gasteiger charge is -2.34. The van der Waals surface area contributed by atoms with Gasteiger partial charge in [-0.15, -0.1) is 0 Å². The SMILES string of the molecule is Cc1cc(N(C)C(N)=O)cc(C)c1/C=C/S(=O)(=O)N1CCC2(CC1)N=C(CCCCCCCCCCCC(N)=O)NC2=O. The predicted molar refractivity (Wildman–Crippen MR) is 171 cm³/mol. The summed E-state index contributed by atoms with van der Waals surface area (Å²) in [4.78, 5) is 41.2. The minimum atomic E-state index is -3.70. The van der Waals surface area contributed by atoms with Crippen LogP contribution in [0.3, 0.4) is 0 Å². The Balaban J connectivity index is 1.45. The van der Waals surface area contributed by atoms with Gasteiger partial charge in [-0.3, -0.25) is 19.5 Å². The summed E-state index contributed by atoms with van der Waals surface area (Å²) in [6, 6.07) is 3.01. The Morgan fingerprint density at radius 2 is 1.51 bits per heavy atom. The molecule has 0 saturated carbocycles. The van der Waals surface area contributed by atoms with Gasteiger partial charge < -0.3 is 16.8 Å². The molecule has 1 saturated heterocycles. The second kappa shape index (κ2) is 15.5. The van der Waals surface area contributed by atoms with Crippen molar-refractivity contribution in [3.8, 4) is 0 Å². The maximum absolute atomic E-state index is 13.2. The zero-order chi connectivity index (χ0) is 31.6. The lowest BCUT2D eigenvalue weighted by atomic mass is 9.89. The van der Waals surface area contributed by atoms with Crippen LogP contribution in [0, 0.1) is 13.8 Å². The van der Waals surface area contributed by atoms with Gasteiger partial charge in [0.15, 0.2) is 0 Å². The number of benzene rings is 1. The van der Waals surface area contributed by atoms with Crippen molar-refractivity contribution in [1.82, 2.24) is 9.62 Å². The fourth-order valence-corrected chi connectivity index (χ4v) is 6.93. The number of hydrogen-bond acceptors (Lipinski definition) is 6. The van der Waals surface area contributed by atoms with E-state index in [2.05, 4.69) is 5.32 Å². The zero-order valence-electron chi connectivity index (χ0n) is 25.9. The normalized spacial score (nSPS) is 16.9. The number of rotatable bonds is 16. The number of carbonyl (C=O) groups is 3. The highest BCUT2D eigenvalue weighted by molar-refractivity contribution is 7.92. The number of nitrogens with zero attached hydrogens (tertiary/aromatic N) is 3. The van der Waals surface area contributed by atoms with Gasteiger partial charge in [0, 0.05) is 44.1 Å². The monoisotopic (exact) mass is 616 g/mol.